The molecule has 0 saturated carbocycles. The molecule has 18 heavy (non-hydrogen) atoms. The van der Waals surface area contributed by atoms with Gasteiger partial charge in [0.2, 0.25) is 0 Å². The quantitative estimate of drug-likeness (QED) is 0.771. The van der Waals surface area contributed by atoms with Gasteiger partial charge in [-0.05, 0) is 31.2 Å². The van der Waals surface area contributed by atoms with Gasteiger partial charge in [-0.1, -0.05) is 13.8 Å². The number of thioether (sulfide) groups is 1. The molecular formula is C14H23NO2S. The standard InChI is InChI=1S/C14H23NO2S/c1-10(2)14(9-15-3)18-13-8-11(16-4)6-7-12(13)17-5/h6-8,10,14-15H,9H2,1-5H3. The van der Waals surface area contributed by atoms with Crippen molar-refractivity contribution < 1.29 is 9.47 Å². The summed E-state index contributed by atoms with van der Waals surface area (Å²) in [4.78, 5) is 1.13. The Kier molecular flexibility index (Phi) is 6.36. The molecule has 0 bridgehead atoms. The highest BCUT2D eigenvalue weighted by Crippen LogP contribution is 2.37. The van der Waals surface area contributed by atoms with Crippen LogP contribution in [0.3, 0.4) is 0 Å². The van der Waals surface area contributed by atoms with Gasteiger partial charge in [-0.15, -0.1) is 11.8 Å². The molecule has 1 unspecified atom stereocenters. The minimum atomic E-state index is 0.510. The number of benzene rings is 1. The molecular weight excluding hydrogens is 246 g/mol. The molecule has 0 radical (unpaired) electrons. The van der Waals surface area contributed by atoms with Gasteiger partial charge >= 0.3 is 0 Å². The zero-order chi connectivity index (χ0) is 13.5. The van der Waals surface area contributed by atoms with Gasteiger partial charge in [-0.3, -0.25) is 0 Å². The van der Waals surface area contributed by atoms with Gasteiger partial charge < -0.3 is 14.8 Å². The molecule has 0 aliphatic heterocycles. The van der Waals surface area contributed by atoms with Crippen LogP contribution < -0.4 is 14.8 Å². The molecule has 4 heteroatoms. The summed E-state index contributed by atoms with van der Waals surface area (Å²) < 4.78 is 10.7. The number of nitrogens with one attached hydrogen (secondary N) is 1. The normalized spacial score (nSPS) is 12.6. The summed E-state index contributed by atoms with van der Waals surface area (Å²) in [5, 5.41) is 3.75. The molecule has 0 spiro atoms. The predicted octanol–water partition coefficient (Wildman–Crippen LogP) is 3.04. The van der Waals surface area contributed by atoms with Crippen molar-refractivity contribution in [3.05, 3.63) is 18.2 Å². The fourth-order valence-corrected chi connectivity index (χ4v) is 2.95. The van der Waals surface area contributed by atoms with Crippen molar-refractivity contribution in [2.24, 2.45) is 5.92 Å². The molecule has 0 aromatic heterocycles. The van der Waals surface area contributed by atoms with E-state index in [0.29, 0.717) is 11.2 Å². The first-order valence-corrected chi connectivity index (χ1v) is 7.03. The molecule has 1 aromatic carbocycles. The van der Waals surface area contributed by atoms with E-state index < -0.39 is 0 Å². The van der Waals surface area contributed by atoms with E-state index in [1.807, 2.05) is 37.0 Å². The van der Waals surface area contributed by atoms with Gasteiger partial charge in [0.15, 0.2) is 0 Å². The molecule has 3 nitrogen and oxygen atoms in total. The first-order valence-electron chi connectivity index (χ1n) is 6.15. The smallest absolute Gasteiger partial charge is 0.132 e. The predicted molar refractivity (Wildman–Crippen MR) is 78.0 cm³/mol. The van der Waals surface area contributed by atoms with Crippen molar-refractivity contribution in [1.82, 2.24) is 5.32 Å². The Morgan fingerprint density at radius 2 is 1.94 bits per heavy atom. The molecule has 1 rings (SSSR count). The summed E-state index contributed by atoms with van der Waals surface area (Å²) >= 11 is 1.83. The molecule has 0 fully saturated rings. The van der Waals surface area contributed by atoms with E-state index in [4.69, 9.17) is 9.47 Å². The Morgan fingerprint density at radius 1 is 1.22 bits per heavy atom. The van der Waals surface area contributed by atoms with Crippen LogP contribution in [-0.2, 0) is 0 Å². The van der Waals surface area contributed by atoms with Crippen LogP contribution in [-0.4, -0.2) is 33.1 Å². The zero-order valence-electron chi connectivity index (χ0n) is 11.8. The van der Waals surface area contributed by atoms with Crippen molar-refractivity contribution in [3.63, 3.8) is 0 Å². The molecule has 102 valence electrons. The van der Waals surface area contributed by atoms with Crippen LogP contribution in [0.25, 0.3) is 0 Å². The summed E-state index contributed by atoms with van der Waals surface area (Å²) in [5.74, 6) is 2.37. The van der Waals surface area contributed by atoms with Crippen molar-refractivity contribution >= 4 is 11.8 Å². The SMILES string of the molecule is CNCC(Sc1cc(OC)ccc1OC)C(C)C. The Balaban J connectivity index is 2.91. The molecule has 0 aliphatic carbocycles. The van der Waals surface area contributed by atoms with E-state index in [-0.39, 0.29) is 0 Å². The molecule has 0 heterocycles. The maximum Gasteiger partial charge on any atom is 0.132 e. The van der Waals surface area contributed by atoms with Crippen LogP contribution in [0.1, 0.15) is 13.8 Å². The van der Waals surface area contributed by atoms with E-state index in [1.165, 1.54) is 0 Å². The van der Waals surface area contributed by atoms with Crippen molar-refractivity contribution in [3.8, 4) is 11.5 Å². The Hall–Kier alpha value is -0.870. The van der Waals surface area contributed by atoms with Gasteiger partial charge in [0.1, 0.15) is 11.5 Å². The average Bonchev–Trinajstić information content (AvgIpc) is 2.37. The van der Waals surface area contributed by atoms with Gasteiger partial charge in [0.25, 0.3) is 0 Å². The van der Waals surface area contributed by atoms with E-state index in [1.54, 1.807) is 14.2 Å². The van der Waals surface area contributed by atoms with E-state index in [0.717, 1.165) is 22.9 Å². The minimum Gasteiger partial charge on any atom is -0.497 e. The number of ether oxygens (including phenoxy) is 2. The average molecular weight is 269 g/mol. The highest BCUT2D eigenvalue weighted by molar-refractivity contribution is 8.00. The molecule has 1 atom stereocenters. The number of methoxy groups -OCH3 is 2. The summed E-state index contributed by atoms with van der Waals surface area (Å²) in [6, 6.07) is 5.91. The maximum atomic E-state index is 5.41. The van der Waals surface area contributed by atoms with Gasteiger partial charge in [-0.2, -0.15) is 0 Å². The third-order valence-corrected chi connectivity index (χ3v) is 4.38. The lowest BCUT2D eigenvalue weighted by Crippen LogP contribution is -2.25. The molecule has 1 N–H and O–H groups in total. The maximum absolute atomic E-state index is 5.41. The number of rotatable bonds is 7. The highest BCUT2D eigenvalue weighted by atomic mass is 32.2. The first kappa shape index (κ1) is 15.2. The molecule has 1 aromatic rings. The third kappa shape index (κ3) is 4.10. The van der Waals surface area contributed by atoms with Crippen LogP contribution in [0.5, 0.6) is 11.5 Å². The monoisotopic (exact) mass is 269 g/mol. The van der Waals surface area contributed by atoms with Crippen molar-refractivity contribution in [2.75, 3.05) is 27.8 Å². The second-order valence-electron chi connectivity index (χ2n) is 4.47. The minimum absolute atomic E-state index is 0.510. The van der Waals surface area contributed by atoms with Crippen LogP contribution in [0.4, 0.5) is 0 Å². The zero-order valence-corrected chi connectivity index (χ0v) is 12.6. The molecule has 0 saturated heterocycles. The fraction of sp³-hybridized carbons (Fsp3) is 0.571. The lowest BCUT2D eigenvalue weighted by atomic mass is 10.1. The molecule has 0 amide bonds. The second-order valence-corrected chi connectivity index (χ2v) is 5.76. The van der Waals surface area contributed by atoms with Crippen LogP contribution >= 0.6 is 11.8 Å². The van der Waals surface area contributed by atoms with E-state index >= 15 is 0 Å². The lowest BCUT2D eigenvalue weighted by molar-refractivity contribution is 0.394. The Labute approximate surface area is 114 Å². The second kappa shape index (κ2) is 7.54. The number of hydrogen-bond donors (Lipinski definition) is 1. The van der Waals surface area contributed by atoms with Gasteiger partial charge in [0, 0.05) is 11.8 Å². The van der Waals surface area contributed by atoms with Crippen LogP contribution in [0.15, 0.2) is 23.1 Å². The number of hydrogen-bond acceptors (Lipinski definition) is 4. The highest BCUT2D eigenvalue weighted by Gasteiger charge is 2.17. The third-order valence-electron chi connectivity index (χ3n) is 2.80. The Morgan fingerprint density at radius 3 is 2.44 bits per heavy atom. The van der Waals surface area contributed by atoms with E-state index in [2.05, 4.69) is 19.2 Å². The summed E-state index contributed by atoms with van der Waals surface area (Å²) in [5.41, 5.74) is 0. The fourth-order valence-electron chi connectivity index (χ4n) is 1.65. The largest absolute Gasteiger partial charge is 0.497 e. The van der Waals surface area contributed by atoms with Crippen LogP contribution in [0.2, 0.25) is 0 Å². The van der Waals surface area contributed by atoms with E-state index in [9.17, 15) is 0 Å². The lowest BCUT2D eigenvalue weighted by Gasteiger charge is -2.21. The van der Waals surface area contributed by atoms with Crippen LogP contribution in [0, 0.1) is 5.92 Å². The van der Waals surface area contributed by atoms with Crippen molar-refractivity contribution in [1.29, 1.82) is 0 Å². The first-order chi connectivity index (χ1) is 8.62. The summed E-state index contributed by atoms with van der Waals surface area (Å²) in [6.07, 6.45) is 0. The topological polar surface area (TPSA) is 30.5 Å². The van der Waals surface area contributed by atoms with Crippen molar-refractivity contribution in [2.45, 2.75) is 24.0 Å². The van der Waals surface area contributed by atoms with Gasteiger partial charge in [-0.25, -0.2) is 0 Å². The molecule has 0 aliphatic rings. The Bertz CT molecular complexity index is 369. The van der Waals surface area contributed by atoms with Gasteiger partial charge in [0.05, 0.1) is 19.1 Å². The summed E-state index contributed by atoms with van der Waals surface area (Å²) in [6.45, 7) is 5.45. The summed E-state index contributed by atoms with van der Waals surface area (Å²) in [7, 11) is 5.37.